The van der Waals surface area contributed by atoms with E-state index in [4.69, 9.17) is 28.3 Å². The summed E-state index contributed by atoms with van der Waals surface area (Å²) in [6, 6.07) is 13.1. The summed E-state index contributed by atoms with van der Waals surface area (Å²) in [6.07, 6.45) is 4.41. The van der Waals surface area contributed by atoms with Crippen molar-refractivity contribution in [2.24, 2.45) is 0 Å². The molecule has 1 aromatic heterocycles. The summed E-state index contributed by atoms with van der Waals surface area (Å²) < 4.78 is 15.2. The second kappa shape index (κ2) is 12.9. The summed E-state index contributed by atoms with van der Waals surface area (Å²) in [7, 11) is 0. The lowest BCUT2D eigenvalue weighted by atomic mass is 9.94. The third-order valence-corrected chi connectivity index (χ3v) is 10.5. The fourth-order valence-corrected chi connectivity index (χ4v) is 7.64. The first-order valence-corrected chi connectivity index (χ1v) is 16.9. The van der Waals surface area contributed by atoms with Crippen molar-refractivity contribution in [3.05, 3.63) is 86.9 Å². The van der Waals surface area contributed by atoms with Crippen molar-refractivity contribution in [3.63, 3.8) is 0 Å². The number of anilines is 2. The van der Waals surface area contributed by atoms with Crippen LogP contribution in [0.2, 0.25) is 10.0 Å². The summed E-state index contributed by atoms with van der Waals surface area (Å²) in [5.74, 6) is 0.174. The van der Waals surface area contributed by atoms with Gasteiger partial charge < -0.3 is 24.9 Å². The Morgan fingerprint density at radius 1 is 0.891 bits per heavy atom. The van der Waals surface area contributed by atoms with Gasteiger partial charge in [-0.25, -0.2) is 9.07 Å². The van der Waals surface area contributed by atoms with E-state index >= 15 is 0 Å². The highest BCUT2D eigenvalue weighted by atomic mass is 35.5. The van der Waals surface area contributed by atoms with Crippen LogP contribution in [0.1, 0.15) is 54.7 Å². The van der Waals surface area contributed by atoms with Gasteiger partial charge in [-0.15, -0.1) is 0 Å². The van der Waals surface area contributed by atoms with Gasteiger partial charge in [-0.05, 0) is 87.7 Å². The van der Waals surface area contributed by atoms with Gasteiger partial charge in [0.25, 0.3) is 11.8 Å². The fraction of sp³-hybridized carbons (Fsp3) is 0.441. The van der Waals surface area contributed by atoms with Crippen LogP contribution in [0.15, 0.2) is 59.8 Å². The number of likely N-dealkylation sites (tertiary alicyclic amines) is 2. The quantitative estimate of drug-likeness (QED) is 0.366. The zero-order chi connectivity index (χ0) is 31.9. The smallest absolute Gasteiger partial charge is 0.274 e. The second-order valence-electron chi connectivity index (χ2n) is 12.7. The maximum atomic E-state index is 14.3. The molecular formula is C34H38Cl2FN7O2. The number of carbonyl (C=O) groups is 2. The van der Waals surface area contributed by atoms with Crippen molar-refractivity contribution in [2.75, 3.05) is 62.6 Å². The number of hydrogen-bond donors (Lipinski definition) is 1. The van der Waals surface area contributed by atoms with Crippen LogP contribution in [0.25, 0.3) is 0 Å². The number of halogens is 3. The normalized spacial score (nSPS) is 22.0. The number of amides is 2. The van der Waals surface area contributed by atoms with Gasteiger partial charge in [-0.1, -0.05) is 29.3 Å². The summed E-state index contributed by atoms with van der Waals surface area (Å²) in [4.78, 5) is 36.7. The molecule has 1 N–H and O–H groups in total. The van der Waals surface area contributed by atoms with Crippen LogP contribution >= 0.6 is 23.2 Å². The van der Waals surface area contributed by atoms with Crippen LogP contribution in [0.3, 0.4) is 0 Å². The molecule has 0 aliphatic carbocycles. The zero-order valence-corrected chi connectivity index (χ0v) is 27.4. The van der Waals surface area contributed by atoms with Crippen molar-refractivity contribution in [1.29, 1.82) is 0 Å². The molecule has 5 heterocycles. The summed E-state index contributed by atoms with van der Waals surface area (Å²) >= 11 is 12.8. The van der Waals surface area contributed by atoms with Crippen molar-refractivity contribution in [1.82, 2.24) is 24.5 Å². The van der Waals surface area contributed by atoms with E-state index in [-0.39, 0.29) is 23.7 Å². The summed E-state index contributed by atoms with van der Waals surface area (Å²) in [5, 5.41) is 9.04. The van der Waals surface area contributed by atoms with Gasteiger partial charge in [0.1, 0.15) is 17.7 Å². The van der Waals surface area contributed by atoms with E-state index in [9.17, 15) is 14.0 Å². The minimum atomic E-state index is -0.617. The second-order valence-corrected chi connectivity index (χ2v) is 13.5. The molecule has 9 nitrogen and oxygen atoms in total. The molecule has 1 unspecified atom stereocenters. The first-order chi connectivity index (χ1) is 22.3. The van der Waals surface area contributed by atoms with E-state index in [1.165, 1.54) is 25.0 Å². The molecular weight excluding hydrogens is 628 g/mol. The Morgan fingerprint density at radius 2 is 1.63 bits per heavy atom. The molecule has 242 valence electrons. The monoisotopic (exact) mass is 665 g/mol. The SMILES string of the molecule is CC1=C(C(=O)N2CCN(c3ccc(F)cc3)CC2)C(c2ccc(Cl)c(Cl)c2)n2nc(C(=O)N3CCC[C@H]3CN3CCCC3)cc2N1. The molecule has 0 spiro atoms. The Balaban J connectivity index is 1.16. The highest BCUT2D eigenvalue weighted by Gasteiger charge is 2.39. The molecule has 3 saturated heterocycles. The van der Waals surface area contributed by atoms with Crippen molar-refractivity contribution >= 4 is 46.5 Å². The summed E-state index contributed by atoms with van der Waals surface area (Å²) in [5.41, 5.74) is 3.27. The number of nitrogens with one attached hydrogen (secondary N) is 1. The van der Waals surface area contributed by atoms with Crippen molar-refractivity contribution in [3.8, 4) is 0 Å². The lowest BCUT2D eigenvalue weighted by Crippen LogP contribution is -2.50. The average molecular weight is 667 g/mol. The molecule has 0 radical (unpaired) electrons. The Bertz CT molecular complexity index is 1660. The van der Waals surface area contributed by atoms with Crippen LogP contribution in [0.4, 0.5) is 15.9 Å². The predicted molar refractivity (Wildman–Crippen MR) is 178 cm³/mol. The van der Waals surface area contributed by atoms with Crippen LogP contribution < -0.4 is 10.2 Å². The molecule has 46 heavy (non-hydrogen) atoms. The number of fused-ring (bicyclic) bond motifs is 1. The van der Waals surface area contributed by atoms with Crippen molar-refractivity contribution in [2.45, 2.75) is 44.7 Å². The van der Waals surface area contributed by atoms with Gasteiger partial charge in [0.15, 0.2) is 5.69 Å². The van der Waals surface area contributed by atoms with Gasteiger partial charge in [0.2, 0.25) is 0 Å². The number of aromatic nitrogens is 2. The minimum Gasteiger partial charge on any atom is -0.368 e. The van der Waals surface area contributed by atoms with E-state index in [0.717, 1.165) is 43.7 Å². The minimum absolute atomic E-state index is 0.0827. The first kappa shape index (κ1) is 31.0. The molecule has 12 heteroatoms. The highest BCUT2D eigenvalue weighted by molar-refractivity contribution is 6.42. The lowest BCUT2D eigenvalue weighted by molar-refractivity contribution is -0.128. The number of nitrogens with zero attached hydrogens (tertiary/aromatic N) is 6. The highest BCUT2D eigenvalue weighted by Crippen LogP contribution is 2.39. The van der Waals surface area contributed by atoms with Gasteiger partial charge in [0, 0.05) is 62.8 Å². The maximum absolute atomic E-state index is 14.3. The lowest BCUT2D eigenvalue weighted by Gasteiger charge is -2.38. The number of piperazine rings is 1. The topological polar surface area (TPSA) is 77.0 Å². The Labute approximate surface area is 278 Å². The molecule has 2 amide bonds. The van der Waals surface area contributed by atoms with Crippen molar-refractivity contribution < 1.29 is 14.0 Å². The predicted octanol–water partition coefficient (Wildman–Crippen LogP) is 5.67. The van der Waals surface area contributed by atoms with Crippen LogP contribution in [-0.2, 0) is 4.79 Å². The van der Waals surface area contributed by atoms with E-state index < -0.39 is 6.04 Å². The van der Waals surface area contributed by atoms with Crippen LogP contribution in [0.5, 0.6) is 0 Å². The van der Waals surface area contributed by atoms with Gasteiger partial charge in [0.05, 0.1) is 15.6 Å². The molecule has 4 aliphatic heterocycles. The van der Waals surface area contributed by atoms with E-state index in [1.54, 1.807) is 35.0 Å². The molecule has 7 rings (SSSR count). The molecule has 2 atom stereocenters. The van der Waals surface area contributed by atoms with Gasteiger partial charge >= 0.3 is 0 Å². The number of rotatable bonds is 6. The van der Waals surface area contributed by atoms with Gasteiger partial charge in [-0.3, -0.25) is 9.59 Å². The molecule has 0 bridgehead atoms. The molecule has 3 fully saturated rings. The largest absolute Gasteiger partial charge is 0.368 e. The zero-order valence-electron chi connectivity index (χ0n) is 25.9. The summed E-state index contributed by atoms with van der Waals surface area (Å²) in [6.45, 7) is 7.94. The number of allylic oxidation sites excluding steroid dienone is 1. The van der Waals surface area contributed by atoms with Crippen LogP contribution in [-0.4, -0.2) is 94.7 Å². The molecule has 0 saturated carbocycles. The number of hydrogen-bond acceptors (Lipinski definition) is 6. The third-order valence-electron chi connectivity index (χ3n) is 9.75. The first-order valence-electron chi connectivity index (χ1n) is 16.1. The van der Waals surface area contributed by atoms with Gasteiger partial charge in [-0.2, -0.15) is 5.10 Å². The third kappa shape index (κ3) is 5.98. The molecule has 3 aromatic rings. The Kier molecular flexibility index (Phi) is 8.69. The standard InChI is InChI=1S/C34H38Cl2FN7O2/c1-22-31(34(46)42-17-15-41(16-18-42)25-9-7-24(37)8-10-25)32(23-6-11-27(35)28(36)19-23)44-30(38-22)20-29(39-44)33(45)43-14-4-5-26(43)21-40-12-2-3-13-40/h6-11,19-20,26,32,38H,2-5,12-18,21H2,1H3/t26-,32?/m0/s1. The maximum Gasteiger partial charge on any atom is 0.274 e. The number of carbonyl (C=O) groups excluding carboxylic acids is 2. The Hall–Kier alpha value is -3.60. The van der Waals surface area contributed by atoms with E-state index in [2.05, 4.69) is 15.1 Å². The fourth-order valence-electron chi connectivity index (χ4n) is 7.34. The Morgan fingerprint density at radius 3 is 2.35 bits per heavy atom. The van der Waals surface area contributed by atoms with E-state index in [0.29, 0.717) is 65.6 Å². The number of benzene rings is 2. The molecule has 2 aromatic carbocycles. The van der Waals surface area contributed by atoms with Crippen LogP contribution in [0, 0.1) is 5.82 Å². The average Bonchev–Trinajstić information content (AvgIpc) is 3.84. The van der Waals surface area contributed by atoms with E-state index in [1.807, 2.05) is 22.8 Å². The molecule has 4 aliphatic rings.